The molecular weight excluding hydrogens is 352 g/mol. The first-order valence-corrected chi connectivity index (χ1v) is 8.98. The van der Waals surface area contributed by atoms with Crippen LogP contribution in [0.5, 0.6) is 0 Å². The number of nitro groups is 1. The molecule has 148 valence electrons. The number of nitrogens with one attached hydrogen (secondary N) is 1. The fourth-order valence-corrected chi connectivity index (χ4v) is 2.95. The lowest BCUT2D eigenvalue weighted by atomic mass is 10.1. The smallest absolute Gasteiger partial charge is 0.338 e. The number of benzene rings is 1. The third kappa shape index (κ3) is 5.32. The van der Waals surface area contributed by atoms with Gasteiger partial charge in [0.25, 0.3) is 5.69 Å². The number of carbonyl (C=O) groups excluding carboxylic acids is 2. The van der Waals surface area contributed by atoms with Gasteiger partial charge in [-0.05, 0) is 24.5 Å². The number of nitrogens with zero attached hydrogens (tertiary/aromatic N) is 3. The molecule has 0 radical (unpaired) electrons. The van der Waals surface area contributed by atoms with Gasteiger partial charge in [0, 0.05) is 38.8 Å². The van der Waals surface area contributed by atoms with Crippen LogP contribution in [0.2, 0.25) is 0 Å². The lowest BCUT2D eigenvalue weighted by Gasteiger charge is -2.24. The van der Waals surface area contributed by atoms with Gasteiger partial charge in [-0.15, -0.1) is 0 Å². The number of amides is 2. The molecular formula is C18H26N4O5. The van der Waals surface area contributed by atoms with Crippen LogP contribution >= 0.6 is 0 Å². The molecule has 0 bridgehead atoms. The summed E-state index contributed by atoms with van der Waals surface area (Å²) in [4.78, 5) is 38.5. The summed E-state index contributed by atoms with van der Waals surface area (Å²) < 4.78 is 4.63. The van der Waals surface area contributed by atoms with E-state index in [1.165, 1.54) is 19.2 Å². The number of hydrogen-bond acceptors (Lipinski definition) is 6. The summed E-state index contributed by atoms with van der Waals surface area (Å²) in [5, 5.41) is 14.4. The van der Waals surface area contributed by atoms with Crippen LogP contribution in [0.3, 0.4) is 0 Å². The molecule has 1 aromatic rings. The summed E-state index contributed by atoms with van der Waals surface area (Å²) in [7, 11) is 1.23. The molecule has 0 unspecified atom stereocenters. The van der Waals surface area contributed by atoms with Gasteiger partial charge in [-0.3, -0.25) is 10.1 Å². The summed E-state index contributed by atoms with van der Waals surface area (Å²) in [6, 6.07) is 4.21. The fraction of sp³-hybridized carbons (Fsp3) is 0.556. The van der Waals surface area contributed by atoms with Crippen molar-refractivity contribution in [1.82, 2.24) is 10.2 Å². The average molecular weight is 378 g/mol. The van der Waals surface area contributed by atoms with E-state index in [1.807, 2.05) is 18.7 Å². The monoisotopic (exact) mass is 378 g/mol. The van der Waals surface area contributed by atoms with Gasteiger partial charge >= 0.3 is 12.0 Å². The van der Waals surface area contributed by atoms with Crippen molar-refractivity contribution >= 4 is 23.4 Å². The molecule has 1 fully saturated rings. The molecule has 0 spiro atoms. The number of methoxy groups -OCH3 is 1. The SMILES string of the molecule is COC(=O)c1ccc(N2CCCN(C(=O)NCC(C)C)CC2)c([N+](=O)[O-])c1. The molecule has 1 aromatic carbocycles. The van der Waals surface area contributed by atoms with Gasteiger partial charge in [-0.2, -0.15) is 0 Å². The van der Waals surface area contributed by atoms with Crippen molar-refractivity contribution < 1.29 is 19.2 Å². The Bertz CT molecular complexity index is 707. The maximum absolute atomic E-state index is 12.3. The molecule has 1 heterocycles. The Labute approximate surface area is 158 Å². The Morgan fingerprint density at radius 1 is 1.26 bits per heavy atom. The van der Waals surface area contributed by atoms with Gasteiger partial charge in [-0.25, -0.2) is 9.59 Å². The first-order chi connectivity index (χ1) is 12.8. The molecule has 9 nitrogen and oxygen atoms in total. The number of nitro benzene ring substituents is 1. The number of urea groups is 1. The largest absolute Gasteiger partial charge is 0.465 e. The first-order valence-electron chi connectivity index (χ1n) is 8.98. The third-order valence-electron chi connectivity index (χ3n) is 4.38. The van der Waals surface area contributed by atoms with Gasteiger partial charge in [0.15, 0.2) is 0 Å². The highest BCUT2D eigenvalue weighted by Gasteiger charge is 2.25. The minimum Gasteiger partial charge on any atom is -0.465 e. The Hall–Kier alpha value is -2.84. The topological polar surface area (TPSA) is 105 Å². The summed E-state index contributed by atoms with van der Waals surface area (Å²) in [6.07, 6.45) is 0.699. The molecule has 2 amide bonds. The minimum absolute atomic E-state index is 0.110. The second kappa shape index (κ2) is 9.20. The van der Waals surface area contributed by atoms with Crippen molar-refractivity contribution in [2.45, 2.75) is 20.3 Å². The Morgan fingerprint density at radius 2 is 2.00 bits per heavy atom. The maximum Gasteiger partial charge on any atom is 0.338 e. The highest BCUT2D eigenvalue weighted by molar-refractivity contribution is 5.91. The molecule has 1 aliphatic rings. The van der Waals surface area contributed by atoms with Gasteiger partial charge in [0.1, 0.15) is 5.69 Å². The van der Waals surface area contributed by atoms with Crippen molar-refractivity contribution in [3.63, 3.8) is 0 Å². The van der Waals surface area contributed by atoms with Crippen LogP contribution in [0.25, 0.3) is 0 Å². The standard InChI is InChI=1S/C18H26N4O5/c1-13(2)12-19-18(24)21-8-4-7-20(9-10-21)15-6-5-14(17(23)27-3)11-16(15)22(25)26/h5-6,11,13H,4,7-10,12H2,1-3H3,(H,19,24). The number of anilines is 1. The van der Waals surface area contributed by atoms with Gasteiger partial charge in [0.2, 0.25) is 0 Å². The zero-order valence-electron chi connectivity index (χ0n) is 15.9. The Kier molecular flexibility index (Phi) is 6.98. The van der Waals surface area contributed by atoms with Crippen LogP contribution in [-0.4, -0.2) is 61.7 Å². The quantitative estimate of drug-likeness (QED) is 0.479. The minimum atomic E-state index is -0.617. The van der Waals surface area contributed by atoms with Gasteiger partial charge in [-0.1, -0.05) is 13.8 Å². The van der Waals surface area contributed by atoms with Crippen molar-refractivity contribution in [1.29, 1.82) is 0 Å². The van der Waals surface area contributed by atoms with Crippen LogP contribution < -0.4 is 10.2 Å². The molecule has 27 heavy (non-hydrogen) atoms. The van der Waals surface area contributed by atoms with Crippen molar-refractivity contribution in [2.24, 2.45) is 5.92 Å². The zero-order valence-corrected chi connectivity index (χ0v) is 15.9. The second-order valence-corrected chi connectivity index (χ2v) is 6.86. The van der Waals surface area contributed by atoms with Crippen molar-refractivity contribution in [3.8, 4) is 0 Å². The fourth-order valence-electron chi connectivity index (χ4n) is 2.95. The number of esters is 1. The van der Waals surface area contributed by atoms with Gasteiger partial charge in [0.05, 0.1) is 17.6 Å². The summed E-state index contributed by atoms with van der Waals surface area (Å²) in [5.41, 5.74) is 0.435. The van der Waals surface area contributed by atoms with Gasteiger partial charge < -0.3 is 19.9 Å². The second-order valence-electron chi connectivity index (χ2n) is 6.86. The van der Waals surface area contributed by atoms with E-state index >= 15 is 0 Å². The number of ether oxygens (including phenoxy) is 1. The third-order valence-corrected chi connectivity index (χ3v) is 4.38. The number of rotatable bonds is 5. The molecule has 0 aromatic heterocycles. The van der Waals surface area contributed by atoms with Crippen LogP contribution in [0.4, 0.5) is 16.2 Å². The molecule has 0 aliphatic carbocycles. The Balaban J connectivity index is 2.13. The van der Waals surface area contributed by atoms with E-state index in [1.54, 1.807) is 11.0 Å². The van der Waals surface area contributed by atoms with Crippen LogP contribution in [0.1, 0.15) is 30.6 Å². The molecule has 0 saturated carbocycles. The molecule has 2 rings (SSSR count). The molecule has 0 atom stereocenters. The number of carbonyl (C=O) groups is 2. The lowest BCUT2D eigenvalue weighted by molar-refractivity contribution is -0.384. The molecule has 1 N–H and O–H groups in total. The highest BCUT2D eigenvalue weighted by Crippen LogP contribution is 2.30. The van der Waals surface area contributed by atoms with E-state index in [0.29, 0.717) is 50.7 Å². The maximum atomic E-state index is 12.3. The van der Waals surface area contributed by atoms with Crippen molar-refractivity contribution in [3.05, 3.63) is 33.9 Å². The van der Waals surface area contributed by atoms with Crippen LogP contribution in [0.15, 0.2) is 18.2 Å². The predicted molar refractivity (Wildman–Crippen MR) is 101 cm³/mol. The first kappa shape index (κ1) is 20.5. The summed E-state index contributed by atoms with van der Waals surface area (Å²) >= 11 is 0. The molecule has 1 saturated heterocycles. The van der Waals surface area contributed by atoms with Crippen LogP contribution in [0, 0.1) is 16.0 Å². The summed E-state index contributed by atoms with van der Waals surface area (Å²) in [5.74, 6) is -0.248. The predicted octanol–water partition coefficient (Wildman–Crippen LogP) is 2.26. The van der Waals surface area contributed by atoms with Crippen LogP contribution in [-0.2, 0) is 4.74 Å². The van der Waals surface area contributed by atoms with E-state index in [2.05, 4.69) is 10.1 Å². The lowest BCUT2D eigenvalue weighted by Crippen LogP contribution is -2.43. The molecule has 9 heteroatoms. The Morgan fingerprint density at radius 3 is 2.63 bits per heavy atom. The number of hydrogen-bond donors (Lipinski definition) is 1. The van der Waals surface area contributed by atoms with E-state index in [0.717, 1.165) is 0 Å². The van der Waals surface area contributed by atoms with E-state index in [4.69, 9.17) is 0 Å². The highest BCUT2D eigenvalue weighted by atomic mass is 16.6. The zero-order chi connectivity index (χ0) is 20.0. The van der Waals surface area contributed by atoms with E-state index in [9.17, 15) is 19.7 Å². The van der Waals surface area contributed by atoms with E-state index in [-0.39, 0.29) is 17.3 Å². The van der Waals surface area contributed by atoms with Crippen molar-refractivity contribution in [2.75, 3.05) is 44.7 Å². The summed E-state index contributed by atoms with van der Waals surface area (Å²) in [6.45, 7) is 6.80. The average Bonchev–Trinajstić information content (AvgIpc) is 2.91. The molecule has 1 aliphatic heterocycles. The normalized spacial score (nSPS) is 14.7. The van der Waals surface area contributed by atoms with E-state index < -0.39 is 10.9 Å².